The molecular weight excluding hydrogens is 511 g/mol. The van der Waals surface area contributed by atoms with Gasteiger partial charge in [0.2, 0.25) is 5.91 Å². The summed E-state index contributed by atoms with van der Waals surface area (Å²) in [6.45, 7) is 4.09. The number of nitrogens with one attached hydrogen (secondary N) is 1. The average Bonchev–Trinajstić information content (AvgIpc) is 2.84. The van der Waals surface area contributed by atoms with E-state index in [1.54, 1.807) is 37.3 Å². The number of amides is 1. The Bertz CT molecular complexity index is 1350. The Balaban J connectivity index is 1.61. The van der Waals surface area contributed by atoms with Crippen LogP contribution < -0.4 is 19.1 Å². The molecule has 10 heteroatoms. The second-order valence-electron chi connectivity index (χ2n) is 8.11. The normalized spacial score (nSPS) is 13.7. The van der Waals surface area contributed by atoms with Crippen LogP contribution in [0.4, 0.5) is 5.69 Å². The van der Waals surface area contributed by atoms with Gasteiger partial charge < -0.3 is 14.8 Å². The summed E-state index contributed by atoms with van der Waals surface area (Å²) in [5.41, 5.74) is 1.81. The zero-order chi connectivity index (χ0) is 25.2. The number of halogens is 2. The third-order valence-electron chi connectivity index (χ3n) is 5.52. The molecule has 3 aromatic carbocycles. The maximum Gasteiger partial charge on any atom is 0.264 e. The summed E-state index contributed by atoms with van der Waals surface area (Å²) in [7, 11) is -4.12. The quantitative estimate of drug-likeness (QED) is 0.453. The molecule has 0 saturated heterocycles. The van der Waals surface area contributed by atoms with E-state index in [2.05, 4.69) is 5.32 Å². The molecule has 1 atom stereocenters. The van der Waals surface area contributed by atoms with Crippen molar-refractivity contribution in [2.24, 2.45) is 0 Å². The minimum atomic E-state index is -4.12. The lowest BCUT2D eigenvalue weighted by Crippen LogP contribution is -2.41. The van der Waals surface area contributed by atoms with Gasteiger partial charge in [0, 0.05) is 5.02 Å². The van der Waals surface area contributed by atoms with Gasteiger partial charge in [-0.05, 0) is 61.9 Å². The van der Waals surface area contributed by atoms with Crippen molar-refractivity contribution < 1.29 is 22.7 Å². The molecule has 3 aromatic rings. The van der Waals surface area contributed by atoms with Crippen LogP contribution in [-0.4, -0.2) is 34.1 Å². The summed E-state index contributed by atoms with van der Waals surface area (Å²) in [5, 5.41) is 3.29. The minimum Gasteiger partial charge on any atom is -0.486 e. The minimum absolute atomic E-state index is 0.0341. The average molecular weight is 535 g/mol. The highest BCUT2D eigenvalue weighted by atomic mass is 35.5. The zero-order valence-corrected chi connectivity index (χ0v) is 21.5. The molecule has 1 aliphatic heterocycles. The van der Waals surface area contributed by atoms with Crippen LogP contribution in [0.15, 0.2) is 65.6 Å². The topological polar surface area (TPSA) is 84.9 Å². The van der Waals surface area contributed by atoms with E-state index in [1.165, 1.54) is 24.3 Å². The SMILES string of the molecule is Cc1ccc(S(=O)(=O)N(CC(=O)NC(C)c2ccc3c(c2)OCCO3)c2cc(Cl)ccc2Cl)cc1. The number of benzene rings is 3. The number of carbonyl (C=O) groups is 1. The van der Waals surface area contributed by atoms with E-state index in [9.17, 15) is 13.2 Å². The molecule has 0 fully saturated rings. The number of fused-ring (bicyclic) bond motifs is 1. The monoisotopic (exact) mass is 534 g/mol. The van der Waals surface area contributed by atoms with Crippen LogP contribution in [0.3, 0.4) is 0 Å². The number of ether oxygens (including phenoxy) is 2. The second kappa shape index (κ2) is 10.4. The molecular formula is C25H24Cl2N2O5S. The summed E-state index contributed by atoms with van der Waals surface area (Å²) in [4.78, 5) is 13.1. The van der Waals surface area contributed by atoms with E-state index in [-0.39, 0.29) is 15.6 Å². The van der Waals surface area contributed by atoms with E-state index in [0.717, 1.165) is 15.4 Å². The predicted octanol–water partition coefficient (Wildman–Crippen LogP) is 5.15. The van der Waals surface area contributed by atoms with Crippen molar-refractivity contribution in [1.29, 1.82) is 0 Å². The largest absolute Gasteiger partial charge is 0.486 e. The first-order chi connectivity index (χ1) is 16.6. The number of hydrogen-bond donors (Lipinski definition) is 1. The van der Waals surface area contributed by atoms with E-state index in [1.807, 2.05) is 13.0 Å². The van der Waals surface area contributed by atoms with Gasteiger partial charge >= 0.3 is 0 Å². The van der Waals surface area contributed by atoms with Crippen molar-refractivity contribution in [2.45, 2.75) is 24.8 Å². The van der Waals surface area contributed by atoms with Crippen LogP contribution in [0.1, 0.15) is 24.1 Å². The van der Waals surface area contributed by atoms with Gasteiger partial charge in [-0.2, -0.15) is 0 Å². The third-order valence-corrected chi connectivity index (χ3v) is 7.85. The summed E-state index contributed by atoms with van der Waals surface area (Å²) in [6, 6.07) is 15.8. The Labute approximate surface area is 214 Å². The van der Waals surface area contributed by atoms with Gasteiger partial charge in [0.1, 0.15) is 19.8 Å². The molecule has 4 rings (SSSR count). The number of sulfonamides is 1. The van der Waals surface area contributed by atoms with E-state index >= 15 is 0 Å². The molecule has 1 unspecified atom stereocenters. The van der Waals surface area contributed by atoms with Crippen LogP contribution in [0.25, 0.3) is 0 Å². The maximum atomic E-state index is 13.6. The third kappa shape index (κ3) is 5.66. The number of nitrogens with zero attached hydrogens (tertiary/aromatic N) is 1. The van der Waals surface area contributed by atoms with Crippen molar-refractivity contribution in [3.8, 4) is 11.5 Å². The molecule has 1 N–H and O–H groups in total. The smallest absolute Gasteiger partial charge is 0.264 e. The second-order valence-corrected chi connectivity index (χ2v) is 10.8. The molecule has 0 radical (unpaired) electrons. The summed E-state index contributed by atoms with van der Waals surface area (Å²) in [5.74, 6) is 0.729. The summed E-state index contributed by atoms with van der Waals surface area (Å²) >= 11 is 12.5. The molecule has 184 valence electrons. The van der Waals surface area contributed by atoms with Crippen LogP contribution in [-0.2, 0) is 14.8 Å². The molecule has 0 spiro atoms. The molecule has 1 heterocycles. The molecule has 0 aromatic heterocycles. The Morgan fingerprint density at radius 3 is 2.40 bits per heavy atom. The lowest BCUT2D eigenvalue weighted by Gasteiger charge is -2.26. The Hall–Kier alpha value is -2.94. The first kappa shape index (κ1) is 25.2. The van der Waals surface area contributed by atoms with E-state index in [4.69, 9.17) is 32.7 Å². The number of aryl methyl sites for hydroxylation is 1. The first-order valence-electron chi connectivity index (χ1n) is 10.9. The maximum absolute atomic E-state index is 13.6. The van der Waals surface area contributed by atoms with Gasteiger partial charge in [0.25, 0.3) is 10.0 Å². The fourth-order valence-electron chi connectivity index (χ4n) is 3.64. The van der Waals surface area contributed by atoms with Crippen molar-refractivity contribution in [2.75, 3.05) is 24.1 Å². The van der Waals surface area contributed by atoms with Crippen molar-refractivity contribution in [3.63, 3.8) is 0 Å². The highest BCUT2D eigenvalue weighted by Crippen LogP contribution is 2.34. The molecule has 1 aliphatic rings. The molecule has 0 saturated carbocycles. The summed E-state index contributed by atoms with van der Waals surface area (Å²) in [6.07, 6.45) is 0. The zero-order valence-electron chi connectivity index (χ0n) is 19.1. The molecule has 0 aliphatic carbocycles. The number of hydrogen-bond acceptors (Lipinski definition) is 5. The fourth-order valence-corrected chi connectivity index (χ4v) is 5.51. The predicted molar refractivity (Wildman–Crippen MR) is 136 cm³/mol. The highest BCUT2D eigenvalue weighted by molar-refractivity contribution is 7.92. The number of carbonyl (C=O) groups excluding carboxylic acids is 1. The standard InChI is InChI=1S/C25H24Cl2N2O5S/c1-16-3-7-20(8-4-16)35(31,32)29(22-14-19(26)6-9-21(22)27)15-25(30)28-17(2)18-5-10-23-24(13-18)34-12-11-33-23/h3-10,13-14,17H,11-12,15H2,1-2H3,(H,28,30). The van der Waals surface area contributed by atoms with Crippen LogP contribution in [0.5, 0.6) is 11.5 Å². The van der Waals surface area contributed by atoms with Crippen molar-refractivity contribution in [3.05, 3.63) is 81.8 Å². The van der Waals surface area contributed by atoms with Gasteiger partial charge in [-0.1, -0.05) is 47.0 Å². The Morgan fingerprint density at radius 2 is 1.69 bits per heavy atom. The van der Waals surface area contributed by atoms with Crippen molar-refractivity contribution in [1.82, 2.24) is 5.32 Å². The molecule has 7 nitrogen and oxygen atoms in total. The number of rotatable bonds is 7. The fraction of sp³-hybridized carbons (Fsp3) is 0.240. The molecule has 0 bridgehead atoms. The summed E-state index contributed by atoms with van der Waals surface area (Å²) < 4.78 is 39.3. The number of anilines is 1. The van der Waals surface area contributed by atoms with Gasteiger partial charge in [0.05, 0.1) is 21.6 Å². The van der Waals surface area contributed by atoms with Gasteiger partial charge in [-0.25, -0.2) is 8.42 Å². The lowest BCUT2D eigenvalue weighted by atomic mass is 10.1. The highest BCUT2D eigenvalue weighted by Gasteiger charge is 2.29. The molecule has 1 amide bonds. The van der Waals surface area contributed by atoms with Gasteiger partial charge in [0.15, 0.2) is 11.5 Å². The lowest BCUT2D eigenvalue weighted by molar-refractivity contribution is -0.120. The van der Waals surface area contributed by atoms with E-state index in [0.29, 0.717) is 29.7 Å². The van der Waals surface area contributed by atoms with Crippen LogP contribution in [0, 0.1) is 6.92 Å². The van der Waals surface area contributed by atoms with Gasteiger partial charge in [-0.15, -0.1) is 0 Å². The Morgan fingerprint density at radius 1 is 1.00 bits per heavy atom. The molecule has 35 heavy (non-hydrogen) atoms. The van der Waals surface area contributed by atoms with Crippen molar-refractivity contribution >= 4 is 44.8 Å². The van der Waals surface area contributed by atoms with Crippen LogP contribution >= 0.6 is 23.2 Å². The first-order valence-corrected chi connectivity index (χ1v) is 13.1. The van der Waals surface area contributed by atoms with Crippen LogP contribution in [0.2, 0.25) is 10.0 Å². The van der Waals surface area contributed by atoms with E-state index < -0.39 is 28.5 Å². The Kier molecular flexibility index (Phi) is 7.44. The van der Waals surface area contributed by atoms with Gasteiger partial charge in [-0.3, -0.25) is 9.10 Å².